The summed E-state index contributed by atoms with van der Waals surface area (Å²) in [7, 11) is 0. The third-order valence-corrected chi connectivity index (χ3v) is 14.5. The topological polar surface area (TPSA) is 38.7 Å². The van der Waals surface area contributed by atoms with Crippen LogP contribution < -0.4 is 0 Å². The van der Waals surface area contributed by atoms with Crippen LogP contribution in [0.2, 0.25) is 0 Å². The molecule has 0 spiro atoms. The second-order valence-corrected chi connectivity index (χ2v) is 19.1. The van der Waals surface area contributed by atoms with Crippen molar-refractivity contribution in [1.29, 1.82) is 0 Å². The van der Waals surface area contributed by atoms with Gasteiger partial charge in [-0.15, -0.1) is 0 Å². The monoisotopic (exact) mass is 967 g/mol. The van der Waals surface area contributed by atoms with Crippen molar-refractivity contribution in [1.82, 2.24) is 15.0 Å². The molecule has 0 saturated heterocycles. The number of hydrogen-bond acceptors (Lipinski definition) is 3. The lowest BCUT2D eigenvalue weighted by Gasteiger charge is -2.19. The number of benzene rings is 10. The van der Waals surface area contributed by atoms with Gasteiger partial charge < -0.3 is 0 Å². The molecule has 76 heavy (non-hydrogen) atoms. The Balaban J connectivity index is 0.994. The first-order valence-electron chi connectivity index (χ1n) is 25.8. The first-order chi connectivity index (χ1) is 37.7. The highest BCUT2D eigenvalue weighted by Crippen LogP contribution is 2.45. The van der Waals surface area contributed by atoms with Gasteiger partial charge >= 0.3 is 0 Å². The zero-order valence-electron chi connectivity index (χ0n) is 41.6. The summed E-state index contributed by atoms with van der Waals surface area (Å²) in [4.78, 5) is 14.3. The van der Waals surface area contributed by atoms with Gasteiger partial charge in [0.05, 0.1) is 17.1 Å². The van der Waals surface area contributed by atoms with Gasteiger partial charge in [-0.2, -0.15) is 0 Å². The van der Waals surface area contributed by atoms with Crippen LogP contribution in [0.25, 0.3) is 134 Å². The van der Waals surface area contributed by atoms with E-state index in [9.17, 15) is 0 Å². The molecular weight excluding hydrogens is 919 g/mol. The highest BCUT2D eigenvalue weighted by Gasteiger charge is 2.19. The fourth-order valence-electron chi connectivity index (χ4n) is 10.7. The van der Waals surface area contributed by atoms with Crippen molar-refractivity contribution in [3.05, 3.63) is 298 Å². The van der Waals surface area contributed by atoms with E-state index in [2.05, 4.69) is 265 Å². The lowest BCUT2D eigenvalue weighted by atomic mass is 9.84. The Bertz CT molecular complexity index is 4020. The number of pyridine rings is 3. The van der Waals surface area contributed by atoms with Crippen molar-refractivity contribution in [2.75, 3.05) is 0 Å². The van der Waals surface area contributed by atoms with Crippen LogP contribution in [0.15, 0.2) is 298 Å². The number of fused-ring (bicyclic) bond motifs is 1. The van der Waals surface area contributed by atoms with Crippen LogP contribution in [0.1, 0.15) is 0 Å². The molecule has 3 nitrogen and oxygen atoms in total. The molecule has 3 heteroatoms. The van der Waals surface area contributed by atoms with E-state index in [-0.39, 0.29) is 0 Å². The number of aromatic nitrogens is 3. The van der Waals surface area contributed by atoms with Crippen molar-refractivity contribution < 1.29 is 0 Å². The third-order valence-electron chi connectivity index (χ3n) is 14.5. The van der Waals surface area contributed by atoms with E-state index in [1.54, 1.807) is 0 Å². The van der Waals surface area contributed by atoms with Gasteiger partial charge in [0.15, 0.2) is 0 Å². The maximum Gasteiger partial charge on any atom is 0.0780 e. The Hall–Kier alpha value is -10.1. The molecule has 10 aromatic carbocycles. The van der Waals surface area contributed by atoms with Crippen LogP contribution in [0.5, 0.6) is 0 Å². The van der Waals surface area contributed by atoms with Gasteiger partial charge in [0.1, 0.15) is 0 Å². The van der Waals surface area contributed by atoms with E-state index in [4.69, 9.17) is 4.98 Å². The molecule has 0 aliphatic carbocycles. The Labute approximate surface area is 443 Å². The summed E-state index contributed by atoms with van der Waals surface area (Å²) in [6.45, 7) is 0. The van der Waals surface area contributed by atoms with Gasteiger partial charge in [-0.25, -0.2) is 0 Å². The van der Waals surface area contributed by atoms with Gasteiger partial charge in [0.25, 0.3) is 0 Å². The quantitative estimate of drug-likeness (QED) is 0.130. The number of rotatable bonds is 11. The summed E-state index contributed by atoms with van der Waals surface area (Å²) in [6.07, 6.45) is 5.61. The fraction of sp³-hybridized carbons (Fsp3) is 0. The Morgan fingerprint density at radius 1 is 0.184 bits per heavy atom. The summed E-state index contributed by atoms with van der Waals surface area (Å²) in [6, 6.07) is 100. The minimum atomic E-state index is 0.954. The predicted octanol–water partition coefficient (Wildman–Crippen LogP) is 19.4. The van der Waals surface area contributed by atoms with Crippen molar-refractivity contribution in [2.24, 2.45) is 0 Å². The van der Waals surface area contributed by atoms with Crippen molar-refractivity contribution >= 4 is 10.8 Å². The van der Waals surface area contributed by atoms with Crippen molar-refractivity contribution in [3.8, 4) is 123 Å². The molecule has 0 fully saturated rings. The van der Waals surface area contributed by atoms with Crippen molar-refractivity contribution in [3.63, 3.8) is 0 Å². The van der Waals surface area contributed by atoms with E-state index in [1.807, 2.05) is 42.9 Å². The molecule has 13 aromatic rings. The number of nitrogens with zero attached hydrogens (tertiary/aromatic N) is 3. The zero-order chi connectivity index (χ0) is 50.6. The standard InChI is InChI=1S/C73H49N3/c1-2-16-50(17-3-1)51-28-30-55(31-29-51)70-49-58(73-67-24-5-4-18-52(67)42-45-76-73)40-41-69(70)68-25-11-10-23-66(68)61-47-59(64-21-8-6-19-62(64)53-32-36-56(37-33-53)71-26-12-14-43-74-71)46-60(48-61)65-22-9-7-20-63(65)54-34-38-57(39-35-54)72-27-13-15-44-75-72/h1-49H. The van der Waals surface area contributed by atoms with Crippen LogP contribution >= 0.6 is 0 Å². The minimum Gasteiger partial charge on any atom is -0.256 e. The maximum absolute atomic E-state index is 5.00. The normalized spacial score (nSPS) is 11.2. The molecule has 0 radical (unpaired) electrons. The summed E-state index contributed by atoms with van der Waals surface area (Å²) in [5.74, 6) is 0. The van der Waals surface area contributed by atoms with Crippen LogP contribution in [0.4, 0.5) is 0 Å². The lowest BCUT2D eigenvalue weighted by molar-refractivity contribution is 1.33. The molecule has 3 heterocycles. The number of hydrogen-bond donors (Lipinski definition) is 0. The molecule has 0 aliphatic rings. The summed E-state index contributed by atoms with van der Waals surface area (Å²) in [5, 5.41) is 2.29. The van der Waals surface area contributed by atoms with Gasteiger partial charge in [0.2, 0.25) is 0 Å². The van der Waals surface area contributed by atoms with E-state index < -0.39 is 0 Å². The molecule has 3 aromatic heterocycles. The third kappa shape index (κ3) is 9.08. The van der Waals surface area contributed by atoms with Gasteiger partial charge in [-0.3, -0.25) is 15.0 Å². The fourth-order valence-corrected chi connectivity index (χ4v) is 10.7. The molecule has 0 bridgehead atoms. The summed E-state index contributed by atoms with van der Waals surface area (Å²) < 4.78 is 0. The molecule has 0 N–H and O–H groups in total. The molecule has 0 unspecified atom stereocenters. The highest BCUT2D eigenvalue weighted by atomic mass is 14.7. The average Bonchev–Trinajstić information content (AvgIpc) is 3.56. The molecule has 356 valence electrons. The molecule has 0 atom stereocenters. The van der Waals surface area contributed by atoms with Crippen LogP contribution in [-0.4, -0.2) is 15.0 Å². The first-order valence-corrected chi connectivity index (χ1v) is 25.8. The first kappa shape index (κ1) is 45.7. The van der Waals surface area contributed by atoms with Gasteiger partial charge in [-0.05, 0) is 149 Å². The van der Waals surface area contributed by atoms with Crippen LogP contribution in [-0.2, 0) is 0 Å². The molecular formula is C73H49N3. The summed E-state index contributed by atoms with van der Waals surface area (Å²) >= 11 is 0. The smallest absolute Gasteiger partial charge is 0.0780 e. The van der Waals surface area contributed by atoms with Crippen LogP contribution in [0, 0.1) is 0 Å². The van der Waals surface area contributed by atoms with Crippen molar-refractivity contribution in [2.45, 2.75) is 0 Å². The molecule has 13 rings (SSSR count). The highest BCUT2D eigenvalue weighted by molar-refractivity contribution is 6.00. The van der Waals surface area contributed by atoms with Crippen LogP contribution in [0.3, 0.4) is 0 Å². The Morgan fingerprint density at radius 3 is 1.09 bits per heavy atom. The minimum absolute atomic E-state index is 0.954. The zero-order valence-corrected chi connectivity index (χ0v) is 41.6. The second kappa shape index (κ2) is 20.4. The van der Waals surface area contributed by atoms with E-state index >= 15 is 0 Å². The van der Waals surface area contributed by atoms with E-state index in [0.29, 0.717) is 0 Å². The molecule has 0 aliphatic heterocycles. The maximum atomic E-state index is 5.00. The Morgan fingerprint density at radius 2 is 0.566 bits per heavy atom. The summed E-state index contributed by atoms with van der Waals surface area (Å²) in [5.41, 5.74) is 24.4. The molecule has 0 saturated carbocycles. The largest absolute Gasteiger partial charge is 0.256 e. The average molecular weight is 968 g/mol. The second-order valence-electron chi connectivity index (χ2n) is 19.1. The van der Waals surface area contributed by atoms with E-state index in [1.165, 1.54) is 11.1 Å². The Kier molecular flexibility index (Phi) is 12.3. The SMILES string of the molecule is c1ccc(-c2ccc(-c3cc(-c4nccc5ccccc45)ccc3-c3ccccc3-c3cc(-c4ccccc4-c4ccc(-c5ccccn5)cc4)cc(-c4ccccc4-c4ccc(-c5ccccn5)cc4)c3)cc2)cc1. The predicted molar refractivity (Wildman–Crippen MR) is 317 cm³/mol. The van der Waals surface area contributed by atoms with Gasteiger partial charge in [-0.1, -0.05) is 224 Å². The lowest BCUT2D eigenvalue weighted by Crippen LogP contribution is -1.94. The molecule has 0 amide bonds. The van der Waals surface area contributed by atoms with Gasteiger partial charge in [0, 0.05) is 40.7 Å². The van der Waals surface area contributed by atoms with E-state index in [0.717, 1.165) is 122 Å².